The third-order valence-corrected chi connectivity index (χ3v) is 4.56. The Morgan fingerprint density at radius 3 is 2.45 bits per heavy atom. The third-order valence-electron chi connectivity index (χ3n) is 4.56. The Morgan fingerprint density at radius 1 is 1.05 bits per heavy atom. The molecule has 0 N–H and O–H groups in total. The van der Waals surface area contributed by atoms with E-state index in [9.17, 15) is 4.79 Å². The lowest BCUT2D eigenvalue weighted by Crippen LogP contribution is -2.37. The topological polar surface area (TPSA) is 20.3 Å². The minimum absolute atomic E-state index is 0.228. The number of benzene rings is 2. The monoisotopic (exact) mass is 263 g/mol. The maximum atomic E-state index is 12.6. The molecule has 20 heavy (non-hydrogen) atoms. The van der Waals surface area contributed by atoms with Crippen LogP contribution in [0.5, 0.6) is 0 Å². The summed E-state index contributed by atoms with van der Waals surface area (Å²) in [6.07, 6.45) is 1.98. The summed E-state index contributed by atoms with van der Waals surface area (Å²) >= 11 is 0. The van der Waals surface area contributed by atoms with Gasteiger partial charge < -0.3 is 4.90 Å². The highest BCUT2D eigenvalue weighted by molar-refractivity contribution is 6.15. The Hall–Kier alpha value is -2.09. The highest BCUT2D eigenvalue weighted by atomic mass is 16.1. The van der Waals surface area contributed by atoms with Crippen molar-refractivity contribution >= 4 is 11.5 Å². The lowest BCUT2D eigenvalue weighted by molar-refractivity contribution is 0.0958. The van der Waals surface area contributed by atoms with Crippen LogP contribution in [-0.4, -0.2) is 11.3 Å². The fraction of sp³-hybridized carbons (Fsp3) is 0.278. The van der Waals surface area contributed by atoms with Gasteiger partial charge >= 0.3 is 0 Å². The minimum Gasteiger partial charge on any atom is -0.353 e. The molecule has 2 aromatic carbocycles. The number of rotatable bonds is 2. The fourth-order valence-corrected chi connectivity index (χ4v) is 3.23. The second kappa shape index (κ2) is 3.95. The van der Waals surface area contributed by atoms with E-state index in [-0.39, 0.29) is 5.54 Å². The summed E-state index contributed by atoms with van der Waals surface area (Å²) in [5, 5.41) is 0. The van der Waals surface area contributed by atoms with Gasteiger partial charge in [0.2, 0.25) is 0 Å². The first kappa shape index (κ1) is 11.7. The zero-order valence-corrected chi connectivity index (χ0v) is 11.6. The second-order valence-corrected chi connectivity index (χ2v) is 5.95. The van der Waals surface area contributed by atoms with E-state index in [2.05, 4.69) is 42.2 Å². The molecule has 0 atom stereocenters. The van der Waals surface area contributed by atoms with Crippen LogP contribution in [0.1, 0.15) is 34.3 Å². The first-order valence-electron chi connectivity index (χ1n) is 7.18. The van der Waals surface area contributed by atoms with Crippen molar-refractivity contribution in [3.05, 3.63) is 65.2 Å². The number of hydrogen-bond donors (Lipinski definition) is 0. The standard InChI is InChI=1S/C18H17NO/c1-13-6-8-14(9-7-13)12-19-16-5-3-2-4-15(16)17(20)18(19)10-11-18/h2-9H,10-12H2,1H3. The number of carbonyl (C=O) groups excluding carboxylic acids is 1. The quantitative estimate of drug-likeness (QED) is 0.822. The van der Waals surface area contributed by atoms with E-state index in [4.69, 9.17) is 0 Å². The van der Waals surface area contributed by atoms with Crippen LogP contribution in [0.2, 0.25) is 0 Å². The number of nitrogens with zero attached hydrogens (tertiary/aromatic N) is 1. The zero-order valence-electron chi connectivity index (χ0n) is 11.6. The van der Waals surface area contributed by atoms with Gasteiger partial charge in [-0.3, -0.25) is 4.79 Å². The average molecular weight is 263 g/mol. The van der Waals surface area contributed by atoms with Crippen molar-refractivity contribution in [2.45, 2.75) is 31.8 Å². The molecule has 0 saturated heterocycles. The molecule has 0 amide bonds. The van der Waals surface area contributed by atoms with Crippen LogP contribution >= 0.6 is 0 Å². The smallest absolute Gasteiger partial charge is 0.190 e. The van der Waals surface area contributed by atoms with Gasteiger partial charge in [0.05, 0.1) is 0 Å². The predicted molar refractivity (Wildman–Crippen MR) is 80.1 cm³/mol. The van der Waals surface area contributed by atoms with Gasteiger partial charge in [0.15, 0.2) is 5.78 Å². The van der Waals surface area contributed by atoms with Crippen LogP contribution in [0.4, 0.5) is 5.69 Å². The van der Waals surface area contributed by atoms with Crippen molar-refractivity contribution in [2.75, 3.05) is 4.90 Å². The minimum atomic E-state index is -0.228. The van der Waals surface area contributed by atoms with Crippen LogP contribution in [0, 0.1) is 6.92 Å². The van der Waals surface area contributed by atoms with E-state index >= 15 is 0 Å². The Bertz CT molecular complexity index is 683. The molecule has 1 aliphatic carbocycles. The van der Waals surface area contributed by atoms with Crippen LogP contribution < -0.4 is 4.90 Å². The molecule has 0 bridgehead atoms. The van der Waals surface area contributed by atoms with Gasteiger partial charge in [-0.05, 0) is 37.5 Å². The molecule has 2 aliphatic rings. The molecular formula is C18H17NO. The zero-order chi connectivity index (χ0) is 13.7. The summed E-state index contributed by atoms with van der Waals surface area (Å²) in [5.74, 6) is 0.320. The normalized spacial score (nSPS) is 18.4. The molecule has 1 spiro atoms. The van der Waals surface area contributed by atoms with Gasteiger partial charge in [0, 0.05) is 17.8 Å². The molecule has 1 heterocycles. The highest BCUT2D eigenvalue weighted by Crippen LogP contribution is 2.53. The number of hydrogen-bond acceptors (Lipinski definition) is 2. The molecule has 1 fully saturated rings. The maximum Gasteiger partial charge on any atom is 0.190 e. The molecule has 2 nitrogen and oxygen atoms in total. The Labute approximate surface area is 119 Å². The maximum absolute atomic E-state index is 12.6. The van der Waals surface area contributed by atoms with E-state index in [0.717, 1.165) is 30.6 Å². The number of ketones is 1. The number of Topliss-reactive ketones (excluding diaryl/α,β-unsaturated/α-hetero) is 1. The molecule has 1 aliphatic heterocycles. The van der Waals surface area contributed by atoms with Gasteiger partial charge in [-0.1, -0.05) is 42.0 Å². The molecule has 1 saturated carbocycles. The van der Waals surface area contributed by atoms with Gasteiger partial charge in [-0.15, -0.1) is 0 Å². The highest BCUT2D eigenvalue weighted by Gasteiger charge is 2.59. The molecule has 0 aromatic heterocycles. The summed E-state index contributed by atoms with van der Waals surface area (Å²) in [4.78, 5) is 14.9. The lowest BCUT2D eigenvalue weighted by Gasteiger charge is -2.26. The number of para-hydroxylation sites is 1. The van der Waals surface area contributed by atoms with E-state index in [1.807, 2.05) is 18.2 Å². The summed E-state index contributed by atoms with van der Waals surface area (Å²) in [5.41, 5.74) is 4.32. The lowest BCUT2D eigenvalue weighted by atomic mass is 10.1. The number of fused-ring (bicyclic) bond motifs is 1. The number of carbonyl (C=O) groups is 1. The van der Waals surface area contributed by atoms with Gasteiger partial charge in [-0.2, -0.15) is 0 Å². The van der Waals surface area contributed by atoms with Crippen molar-refractivity contribution in [1.29, 1.82) is 0 Å². The first-order valence-corrected chi connectivity index (χ1v) is 7.18. The van der Waals surface area contributed by atoms with E-state index in [1.165, 1.54) is 11.1 Å². The Balaban J connectivity index is 1.74. The van der Waals surface area contributed by atoms with Gasteiger partial charge in [0.25, 0.3) is 0 Å². The van der Waals surface area contributed by atoms with Crippen LogP contribution in [0.3, 0.4) is 0 Å². The van der Waals surface area contributed by atoms with Crippen molar-refractivity contribution in [3.63, 3.8) is 0 Å². The number of aryl methyl sites for hydroxylation is 1. The SMILES string of the molecule is Cc1ccc(CN2c3ccccc3C(=O)C23CC3)cc1. The van der Waals surface area contributed by atoms with E-state index < -0.39 is 0 Å². The van der Waals surface area contributed by atoms with Crippen LogP contribution in [-0.2, 0) is 6.54 Å². The summed E-state index contributed by atoms with van der Waals surface area (Å²) in [7, 11) is 0. The molecule has 0 unspecified atom stereocenters. The van der Waals surface area contributed by atoms with Crippen LogP contribution in [0.25, 0.3) is 0 Å². The fourth-order valence-electron chi connectivity index (χ4n) is 3.23. The average Bonchev–Trinajstić information content (AvgIpc) is 3.23. The van der Waals surface area contributed by atoms with Gasteiger partial charge in [0.1, 0.15) is 5.54 Å². The molecular weight excluding hydrogens is 246 g/mol. The molecule has 4 rings (SSSR count). The van der Waals surface area contributed by atoms with Crippen molar-refractivity contribution in [3.8, 4) is 0 Å². The summed E-state index contributed by atoms with van der Waals surface area (Å²) in [6, 6.07) is 16.6. The largest absolute Gasteiger partial charge is 0.353 e. The van der Waals surface area contributed by atoms with Crippen molar-refractivity contribution in [2.24, 2.45) is 0 Å². The second-order valence-electron chi connectivity index (χ2n) is 5.95. The Kier molecular flexibility index (Phi) is 2.31. The van der Waals surface area contributed by atoms with Gasteiger partial charge in [-0.25, -0.2) is 0 Å². The molecule has 0 radical (unpaired) electrons. The Morgan fingerprint density at radius 2 is 1.75 bits per heavy atom. The van der Waals surface area contributed by atoms with Crippen molar-refractivity contribution < 1.29 is 4.79 Å². The van der Waals surface area contributed by atoms with Crippen LogP contribution in [0.15, 0.2) is 48.5 Å². The predicted octanol–water partition coefficient (Wildman–Crippen LogP) is 3.73. The first-order chi connectivity index (χ1) is 9.71. The third kappa shape index (κ3) is 1.54. The van der Waals surface area contributed by atoms with E-state index in [0.29, 0.717) is 5.78 Å². The van der Waals surface area contributed by atoms with E-state index in [1.54, 1.807) is 0 Å². The number of anilines is 1. The summed E-state index contributed by atoms with van der Waals surface area (Å²) < 4.78 is 0. The molecule has 2 heteroatoms. The summed E-state index contributed by atoms with van der Waals surface area (Å²) in [6.45, 7) is 2.92. The molecule has 2 aromatic rings. The molecule has 100 valence electrons. The van der Waals surface area contributed by atoms with Crippen molar-refractivity contribution in [1.82, 2.24) is 0 Å².